The fraction of sp³-hybridized carbons (Fsp3) is 0.500. The summed E-state index contributed by atoms with van der Waals surface area (Å²) in [6.45, 7) is 1.91. The number of carbonyl (C=O) groups is 1. The Morgan fingerprint density at radius 3 is 2.81 bits per heavy atom. The predicted molar refractivity (Wildman–Crippen MR) is 78.1 cm³/mol. The third-order valence-electron chi connectivity index (χ3n) is 3.70. The molecule has 1 aliphatic rings. The lowest BCUT2D eigenvalue weighted by atomic mass is 10.1. The van der Waals surface area contributed by atoms with Gasteiger partial charge in [0.05, 0.1) is 11.0 Å². The van der Waals surface area contributed by atoms with Gasteiger partial charge in [-0.1, -0.05) is 12.1 Å². The van der Waals surface area contributed by atoms with Crippen molar-refractivity contribution in [3.8, 4) is 0 Å². The molecule has 1 heterocycles. The highest BCUT2D eigenvalue weighted by Crippen LogP contribution is 2.27. The molecule has 1 aromatic carbocycles. The highest BCUT2D eigenvalue weighted by molar-refractivity contribution is 7.89. The fourth-order valence-electron chi connectivity index (χ4n) is 2.53. The van der Waals surface area contributed by atoms with Gasteiger partial charge in [0.25, 0.3) is 0 Å². The van der Waals surface area contributed by atoms with Gasteiger partial charge in [0.15, 0.2) is 0 Å². The molecule has 7 heteroatoms. The Morgan fingerprint density at radius 1 is 1.48 bits per heavy atom. The van der Waals surface area contributed by atoms with Crippen molar-refractivity contribution in [2.24, 2.45) is 0 Å². The van der Waals surface area contributed by atoms with Crippen LogP contribution < -0.4 is 5.32 Å². The lowest BCUT2D eigenvalue weighted by Gasteiger charge is -2.23. The zero-order valence-corrected chi connectivity index (χ0v) is 12.9. The van der Waals surface area contributed by atoms with Crippen LogP contribution in [0.5, 0.6) is 0 Å². The number of nitrogens with one attached hydrogen (secondary N) is 1. The first kappa shape index (κ1) is 15.9. The first-order chi connectivity index (χ1) is 9.87. The first-order valence-corrected chi connectivity index (χ1v) is 8.33. The van der Waals surface area contributed by atoms with E-state index >= 15 is 0 Å². The second-order valence-corrected chi connectivity index (χ2v) is 7.03. The fourth-order valence-corrected chi connectivity index (χ4v) is 4.24. The number of hydrogen-bond acceptors (Lipinski definition) is 4. The van der Waals surface area contributed by atoms with Gasteiger partial charge in [0, 0.05) is 13.6 Å². The average Bonchev–Trinajstić information content (AvgIpc) is 2.96. The van der Waals surface area contributed by atoms with Gasteiger partial charge >= 0.3 is 0 Å². The van der Waals surface area contributed by atoms with E-state index in [1.165, 1.54) is 23.5 Å². The van der Waals surface area contributed by atoms with Crippen LogP contribution in [0.4, 0.5) is 0 Å². The minimum Gasteiger partial charge on any atom is -0.389 e. The molecule has 0 radical (unpaired) electrons. The Bertz CT molecular complexity index is 628. The van der Waals surface area contributed by atoms with Crippen LogP contribution in [-0.2, 0) is 14.8 Å². The van der Waals surface area contributed by atoms with Gasteiger partial charge < -0.3 is 10.4 Å². The van der Waals surface area contributed by atoms with Crippen LogP contribution in [0, 0.1) is 0 Å². The van der Waals surface area contributed by atoms with Crippen LogP contribution in [-0.4, -0.2) is 43.4 Å². The quantitative estimate of drug-likeness (QED) is 0.854. The minimum atomic E-state index is -3.74. The number of rotatable bonds is 4. The Balaban J connectivity index is 2.37. The van der Waals surface area contributed by atoms with Gasteiger partial charge in [-0.05, 0) is 37.5 Å². The lowest BCUT2D eigenvalue weighted by molar-refractivity contribution is -0.123. The van der Waals surface area contributed by atoms with Gasteiger partial charge in [0.2, 0.25) is 15.9 Å². The maximum atomic E-state index is 12.7. The van der Waals surface area contributed by atoms with E-state index in [4.69, 9.17) is 0 Å². The Hall–Kier alpha value is -1.44. The van der Waals surface area contributed by atoms with Gasteiger partial charge in [-0.2, -0.15) is 4.31 Å². The summed E-state index contributed by atoms with van der Waals surface area (Å²) in [6.07, 6.45) is 0.441. The molecule has 21 heavy (non-hydrogen) atoms. The number of amides is 1. The number of sulfonamides is 1. The predicted octanol–water partition coefficient (Wildman–Crippen LogP) is 0.639. The monoisotopic (exact) mass is 312 g/mol. The Kier molecular flexibility index (Phi) is 4.65. The van der Waals surface area contributed by atoms with Crippen molar-refractivity contribution in [3.05, 3.63) is 29.8 Å². The van der Waals surface area contributed by atoms with E-state index in [-0.39, 0.29) is 10.8 Å². The molecule has 1 saturated heterocycles. The summed E-state index contributed by atoms with van der Waals surface area (Å²) in [5, 5.41) is 12.1. The van der Waals surface area contributed by atoms with E-state index in [9.17, 15) is 18.3 Å². The van der Waals surface area contributed by atoms with E-state index in [1.807, 2.05) is 0 Å². The number of likely N-dealkylation sites (N-methyl/N-ethyl adjacent to an activating group) is 1. The Morgan fingerprint density at radius 2 is 2.19 bits per heavy atom. The van der Waals surface area contributed by atoms with E-state index < -0.39 is 22.2 Å². The maximum Gasteiger partial charge on any atom is 0.243 e. The summed E-state index contributed by atoms with van der Waals surface area (Å²) in [6, 6.07) is 5.55. The summed E-state index contributed by atoms with van der Waals surface area (Å²) >= 11 is 0. The molecule has 6 nitrogen and oxygen atoms in total. The molecule has 1 aromatic rings. The minimum absolute atomic E-state index is 0.108. The maximum absolute atomic E-state index is 12.7. The summed E-state index contributed by atoms with van der Waals surface area (Å²) in [7, 11) is -2.24. The molecule has 1 fully saturated rings. The summed E-state index contributed by atoms with van der Waals surface area (Å²) in [5.41, 5.74) is 0.534. The molecule has 0 spiro atoms. The second-order valence-electron chi connectivity index (χ2n) is 5.14. The molecule has 0 aliphatic carbocycles. The third kappa shape index (κ3) is 3.09. The SMILES string of the molecule is CNC(=O)C1CCCN1S(=O)(=O)c1cccc(C(C)O)c1. The van der Waals surface area contributed by atoms with Crippen molar-refractivity contribution >= 4 is 15.9 Å². The number of aliphatic hydroxyl groups excluding tert-OH is 1. The lowest BCUT2D eigenvalue weighted by Crippen LogP contribution is -2.44. The standard InChI is InChI=1S/C14H20N2O4S/c1-10(17)11-5-3-6-12(9-11)21(19,20)16-8-4-7-13(16)14(18)15-2/h3,5-6,9-10,13,17H,4,7-8H2,1-2H3,(H,15,18). The zero-order chi connectivity index (χ0) is 15.6. The molecular weight excluding hydrogens is 292 g/mol. The van der Waals surface area contributed by atoms with Crippen LogP contribution in [0.1, 0.15) is 31.4 Å². The zero-order valence-electron chi connectivity index (χ0n) is 12.1. The van der Waals surface area contributed by atoms with Crippen LogP contribution >= 0.6 is 0 Å². The van der Waals surface area contributed by atoms with E-state index in [1.54, 1.807) is 19.1 Å². The van der Waals surface area contributed by atoms with Crippen molar-refractivity contribution in [3.63, 3.8) is 0 Å². The molecule has 2 N–H and O–H groups in total. The Labute approximate surface area is 124 Å². The highest BCUT2D eigenvalue weighted by atomic mass is 32.2. The average molecular weight is 312 g/mol. The van der Waals surface area contributed by atoms with Crippen molar-refractivity contribution in [2.75, 3.05) is 13.6 Å². The molecule has 0 bridgehead atoms. The largest absolute Gasteiger partial charge is 0.389 e. The molecule has 2 unspecified atom stereocenters. The number of hydrogen-bond donors (Lipinski definition) is 2. The van der Waals surface area contributed by atoms with E-state index in [0.29, 0.717) is 24.9 Å². The van der Waals surface area contributed by atoms with Crippen molar-refractivity contribution in [1.82, 2.24) is 9.62 Å². The van der Waals surface area contributed by atoms with Crippen LogP contribution in [0.25, 0.3) is 0 Å². The highest BCUT2D eigenvalue weighted by Gasteiger charge is 2.39. The van der Waals surface area contributed by atoms with Crippen LogP contribution in [0.3, 0.4) is 0 Å². The molecule has 0 aromatic heterocycles. The van der Waals surface area contributed by atoms with Crippen molar-refractivity contribution in [1.29, 1.82) is 0 Å². The topological polar surface area (TPSA) is 86.7 Å². The van der Waals surface area contributed by atoms with Gasteiger partial charge in [-0.3, -0.25) is 4.79 Å². The number of nitrogens with zero attached hydrogens (tertiary/aromatic N) is 1. The molecule has 116 valence electrons. The van der Waals surface area contributed by atoms with Crippen molar-refractivity contribution in [2.45, 2.75) is 36.8 Å². The molecule has 1 aliphatic heterocycles. The van der Waals surface area contributed by atoms with Gasteiger partial charge in [0.1, 0.15) is 6.04 Å². The van der Waals surface area contributed by atoms with E-state index in [2.05, 4.69) is 5.32 Å². The summed E-state index contributed by atoms with van der Waals surface area (Å²) in [5.74, 6) is -0.289. The second kappa shape index (κ2) is 6.13. The molecule has 0 saturated carbocycles. The first-order valence-electron chi connectivity index (χ1n) is 6.89. The normalized spacial score (nSPS) is 21.2. The summed E-state index contributed by atoms with van der Waals surface area (Å²) in [4.78, 5) is 11.9. The number of benzene rings is 1. The molecule has 2 atom stereocenters. The number of aliphatic hydroxyl groups is 1. The molecule has 2 rings (SSSR count). The summed E-state index contributed by atoms with van der Waals surface area (Å²) < 4.78 is 26.7. The molecular formula is C14H20N2O4S. The smallest absolute Gasteiger partial charge is 0.243 e. The molecule has 1 amide bonds. The van der Waals surface area contributed by atoms with E-state index in [0.717, 1.165) is 0 Å². The van der Waals surface area contributed by atoms with Crippen LogP contribution in [0.2, 0.25) is 0 Å². The van der Waals surface area contributed by atoms with Crippen molar-refractivity contribution < 1.29 is 18.3 Å². The van der Waals surface area contributed by atoms with Gasteiger partial charge in [-0.25, -0.2) is 8.42 Å². The number of carbonyl (C=O) groups excluding carboxylic acids is 1. The third-order valence-corrected chi connectivity index (χ3v) is 5.60. The van der Waals surface area contributed by atoms with Gasteiger partial charge in [-0.15, -0.1) is 0 Å². The van der Waals surface area contributed by atoms with Crippen LogP contribution in [0.15, 0.2) is 29.2 Å².